The van der Waals surface area contributed by atoms with Gasteiger partial charge < -0.3 is 34.3 Å². The van der Waals surface area contributed by atoms with Gasteiger partial charge in [-0.25, -0.2) is 4.79 Å². The third-order valence-corrected chi connectivity index (χ3v) is 7.05. The van der Waals surface area contributed by atoms with Crippen LogP contribution in [-0.4, -0.2) is 72.7 Å². The van der Waals surface area contributed by atoms with Crippen molar-refractivity contribution in [2.45, 2.75) is 82.6 Å². The number of methoxy groups -OCH3 is 1. The van der Waals surface area contributed by atoms with E-state index in [0.29, 0.717) is 36.5 Å². The number of benzene rings is 1. The van der Waals surface area contributed by atoms with E-state index >= 15 is 0 Å². The van der Waals surface area contributed by atoms with Gasteiger partial charge in [0.25, 0.3) is 0 Å². The first kappa shape index (κ1) is 26.3. The second kappa shape index (κ2) is 10.3. The minimum atomic E-state index is -1.04. The van der Waals surface area contributed by atoms with Gasteiger partial charge >= 0.3 is 12.1 Å². The van der Waals surface area contributed by atoms with E-state index in [9.17, 15) is 14.7 Å². The Morgan fingerprint density at radius 2 is 2.08 bits per heavy atom. The van der Waals surface area contributed by atoms with Gasteiger partial charge in [-0.3, -0.25) is 4.79 Å². The molecule has 1 aromatic rings. The fourth-order valence-corrected chi connectivity index (χ4v) is 5.33. The molecule has 2 heterocycles. The van der Waals surface area contributed by atoms with Crippen molar-refractivity contribution in [3.63, 3.8) is 0 Å². The van der Waals surface area contributed by atoms with E-state index in [1.54, 1.807) is 34.0 Å². The van der Waals surface area contributed by atoms with Crippen molar-refractivity contribution in [1.82, 2.24) is 10.2 Å². The molecule has 9 nitrogen and oxygen atoms in total. The molecule has 6 bridgehead atoms. The Morgan fingerprint density at radius 3 is 2.81 bits per heavy atom. The van der Waals surface area contributed by atoms with Gasteiger partial charge in [0, 0.05) is 24.6 Å². The second-order valence-electron chi connectivity index (χ2n) is 10.9. The van der Waals surface area contributed by atoms with E-state index in [-0.39, 0.29) is 19.0 Å². The summed E-state index contributed by atoms with van der Waals surface area (Å²) in [5.41, 5.74) is 0.584. The smallest absolute Gasteiger partial charge is 0.407 e. The van der Waals surface area contributed by atoms with E-state index in [4.69, 9.17) is 18.9 Å². The number of rotatable bonds is 5. The molecule has 1 amide bonds. The third kappa shape index (κ3) is 5.78. The molecule has 0 spiro atoms. The molecule has 0 unspecified atom stereocenters. The van der Waals surface area contributed by atoms with Crippen LogP contribution in [0.25, 0.3) is 0 Å². The number of alkyl carbamates (subject to hydrolysis) is 1. The lowest BCUT2D eigenvalue weighted by Gasteiger charge is -2.44. The summed E-state index contributed by atoms with van der Waals surface area (Å²) >= 11 is 0. The van der Waals surface area contributed by atoms with Gasteiger partial charge in [0.15, 0.2) is 17.6 Å². The molecule has 0 saturated carbocycles. The zero-order valence-electron chi connectivity index (χ0n) is 21.9. The average molecular weight is 503 g/mol. The quantitative estimate of drug-likeness (QED) is 0.592. The van der Waals surface area contributed by atoms with E-state index in [0.717, 1.165) is 30.5 Å². The maximum Gasteiger partial charge on any atom is 0.407 e. The van der Waals surface area contributed by atoms with Crippen LogP contribution in [0, 0.1) is 0 Å². The van der Waals surface area contributed by atoms with E-state index < -0.39 is 29.4 Å². The molecule has 2 aliphatic heterocycles. The number of carbonyl (C=O) groups is 2. The van der Waals surface area contributed by atoms with Crippen LogP contribution in [0.2, 0.25) is 0 Å². The Labute approximate surface area is 212 Å². The highest BCUT2D eigenvalue weighted by Crippen LogP contribution is 2.44. The molecule has 2 N–H and O–H groups in total. The highest BCUT2D eigenvalue weighted by atomic mass is 16.6. The first-order valence-corrected chi connectivity index (χ1v) is 12.6. The molecular weight excluding hydrogens is 464 g/mol. The summed E-state index contributed by atoms with van der Waals surface area (Å²) in [6, 6.07) is 3.87. The molecule has 1 aliphatic carbocycles. The van der Waals surface area contributed by atoms with Gasteiger partial charge in [0.05, 0.1) is 19.1 Å². The molecule has 198 valence electrons. The monoisotopic (exact) mass is 502 g/mol. The average Bonchev–Trinajstić information content (AvgIpc) is 2.78. The predicted octanol–water partition coefficient (Wildman–Crippen LogP) is 3.11. The number of ether oxygens (including phenoxy) is 4. The van der Waals surface area contributed by atoms with Crippen molar-refractivity contribution in [3.8, 4) is 11.5 Å². The van der Waals surface area contributed by atoms with Crippen LogP contribution < -0.4 is 14.8 Å². The van der Waals surface area contributed by atoms with Crippen LogP contribution in [0.3, 0.4) is 0 Å². The minimum absolute atomic E-state index is 0.0248. The Bertz CT molecular complexity index is 1030. The number of amides is 1. The van der Waals surface area contributed by atoms with Crippen molar-refractivity contribution < 1.29 is 33.6 Å². The van der Waals surface area contributed by atoms with Crippen LogP contribution in [0.15, 0.2) is 24.0 Å². The first-order valence-electron chi connectivity index (χ1n) is 12.6. The van der Waals surface area contributed by atoms with Crippen molar-refractivity contribution in [2.75, 3.05) is 27.2 Å². The zero-order valence-corrected chi connectivity index (χ0v) is 21.9. The third-order valence-electron chi connectivity index (χ3n) is 7.05. The van der Waals surface area contributed by atoms with Crippen LogP contribution in [0.5, 0.6) is 11.5 Å². The molecule has 0 radical (unpaired) electrons. The Kier molecular flexibility index (Phi) is 7.52. The number of aliphatic hydroxyl groups is 1. The summed E-state index contributed by atoms with van der Waals surface area (Å²) in [5, 5.41) is 14.4. The van der Waals surface area contributed by atoms with Crippen LogP contribution in [-0.2, 0) is 27.1 Å². The molecule has 3 atom stereocenters. The van der Waals surface area contributed by atoms with Crippen LogP contribution in [0.1, 0.15) is 57.6 Å². The number of nitrogens with one attached hydrogen (secondary N) is 1. The van der Waals surface area contributed by atoms with Gasteiger partial charge in [-0.1, -0.05) is 6.07 Å². The van der Waals surface area contributed by atoms with Gasteiger partial charge in [-0.15, -0.1) is 0 Å². The lowest BCUT2D eigenvalue weighted by Crippen LogP contribution is -2.56. The first-order chi connectivity index (χ1) is 17.0. The molecule has 36 heavy (non-hydrogen) atoms. The predicted molar refractivity (Wildman–Crippen MR) is 133 cm³/mol. The summed E-state index contributed by atoms with van der Waals surface area (Å²) < 4.78 is 23.0. The Hall–Kier alpha value is -2.78. The lowest BCUT2D eigenvalue weighted by molar-refractivity contribution is -0.142. The summed E-state index contributed by atoms with van der Waals surface area (Å²) in [6.45, 7) is 6.27. The van der Waals surface area contributed by atoms with Crippen molar-refractivity contribution in [3.05, 3.63) is 35.1 Å². The highest BCUT2D eigenvalue weighted by molar-refractivity contribution is 5.73. The van der Waals surface area contributed by atoms with Gasteiger partial charge in [0.2, 0.25) is 0 Å². The van der Waals surface area contributed by atoms with Crippen molar-refractivity contribution >= 4 is 12.1 Å². The van der Waals surface area contributed by atoms with Crippen molar-refractivity contribution in [1.29, 1.82) is 0 Å². The van der Waals surface area contributed by atoms with E-state index in [2.05, 4.69) is 23.3 Å². The SMILES string of the molecule is COc1ccc2c3c1O[C@@H]1C[C@@](O)(CC=C1OC(=O)CCNC(=O)OC(C)(C)C)[C@@H](C2)N(C)CCC3. The maximum atomic E-state index is 12.6. The Morgan fingerprint density at radius 1 is 1.31 bits per heavy atom. The standard InChI is InChI=1S/C27H38N2O7/c1-26(2,3)36-25(31)28-13-11-23(30)34-19-10-12-27(32)16-21(19)35-24-18-7-6-14-29(4)22(27)15-17(18)8-9-20(24)33-5/h8-10,21-22,32H,6-7,11-16H2,1-5H3,(H,28,31)/t21-,22-,27+/m1/s1. The second-order valence-corrected chi connectivity index (χ2v) is 10.9. The topological polar surface area (TPSA) is 107 Å². The van der Waals surface area contributed by atoms with Crippen LogP contribution in [0.4, 0.5) is 4.79 Å². The molecular formula is C27H38N2O7. The normalized spacial score (nSPS) is 25.7. The largest absolute Gasteiger partial charge is 0.493 e. The lowest BCUT2D eigenvalue weighted by atomic mass is 9.77. The summed E-state index contributed by atoms with van der Waals surface area (Å²) in [5.74, 6) is 1.17. The van der Waals surface area contributed by atoms with Gasteiger partial charge in [-0.2, -0.15) is 0 Å². The van der Waals surface area contributed by atoms with Gasteiger partial charge in [-0.05, 0) is 77.8 Å². The summed E-state index contributed by atoms with van der Waals surface area (Å²) in [6.07, 6.45) is 3.62. The van der Waals surface area contributed by atoms with Crippen LogP contribution >= 0.6 is 0 Å². The molecule has 0 fully saturated rings. The van der Waals surface area contributed by atoms with Gasteiger partial charge in [0.1, 0.15) is 11.4 Å². The zero-order chi connectivity index (χ0) is 26.1. The fourth-order valence-electron chi connectivity index (χ4n) is 5.33. The number of likely N-dealkylation sites (N-methyl/N-ethyl adjacent to an activating group) is 1. The van der Waals surface area contributed by atoms with Crippen molar-refractivity contribution in [2.24, 2.45) is 0 Å². The molecule has 1 aromatic carbocycles. The number of hydrogen-bond donors (Lipinski definition) is 2. The molecule has 0 aromatic heterocycles. The molecule has 9 heteroatoms. The number of hydrogen-bond acceptors (Lipinski definition) is 8. The molecule has 0 saturated heterocycles. The maximum absolute atomic E-state index is 12.6. The highest BCUT2D eigenvalue weighted by Gasteiger charge is 2.47. The number of fused-ring (bicyclic) bond motifs is 4. The minimum Gasteiger partial charge on any atom is -0.493 e. The summed E-state index contributed by atoms with van der Waals surface area (Å²) in [7, 11) is 3.67. The van der Waals surface area contributed by atoms with E-state index in [1.807, 2.05) is 6.07 Å². The number of esters is 1. The number of nitrogens with zero attached hydrogens (tertiary/aromatic N) is 1. The number of carbonyl (C=O) groups excluding carboxylic acids is 2. The molecule has 3 aliphatic rings. The Balaban J connectivity index is 1.54. The fraction of sp³-hybridized carbons (Fsp3) is 0.630. The van der Waals surface area contributed by atoms with E-state index in [1.165, 1.54) is 0 Å². The summed E-state index contributed by atoms with van der Waals surface area (Å²) in [4.78, 5) is 26.7. The molecule has 4 rings (SSSR count).